The normalized spacial score (nSPS) is 12.4. The Kier molecular flexibility index (Phi) is 2.97. The smallest absolute Gasteiger partial charge is 0.339 e. The highest BCUT2D eigenvalue weighted by Crippen LogP contribution is 2.27. The highest BCUT2D eigenvalue weighted by atomic mass is 16.4. The summed E-state index contributed by atoms with van der Waals surface area (Å²) >= 11 is 0. The van der Waals surface area contributed by atoms with Gasteiger partial charge in [0, 0.05) is 0 Å². The van der Waals surface area contributed by atoms with E-state index in [1.165, 1.54) is 12.3 Å². The minimum Gasteiger partial charge on any atom is -0.478 e. The lowest BCUT2D eigenvalue weighted by Crippen LogP contribution is -2.06. The molecule has 0 aliphatic heterocycles. The fourth-order valence-electron chi connectivity index (χ4n) is 1.74. The first kappa shape index (κ1) is 11.4. The number of carboxylic acids is 1. The zero-order valence-corrected chi connectivity index (χ0v) is 9.25. The molecule has 0 saturated carbocycles. The Labute approximate surface area is 98.1 Å². The summed E-state index contributed by atoms with van der Waals surface area (Å²) in [5, 5.41) is 19.1. The van der Waals surface area contributed by atoms with Crippen LogP contribution in [0.5, 0.6) is 0 Å². The summed E-state index contributed by atoms with van der Waals surface area (Å²) in [6.07, 6.45) is 0.206. The van der Waals surface area contributed by atoms with Crippen molar-refractivity contribution in [2.24, 2.45) is 0 Å². The van der Waals surface area contributed by atoms with Crippen molar-refractivity contribution in [3.63, 3.8) is 0 Å². The number of aliphatic hydroxyl groups excluding tert-OH is 1. The van der Waals surface area contributed by atoms with Crippen molar-refractivity contribution in [2.45, 2.75) is 13.0 Å². The van der Waals surface area contributed by atoms with Crippen LogP contribution in [0.1, 0.15) is 33.3 Å². The molecule has 0 aliphatic rings. The van der Waals surface area contributed by atoms with E-state index in [2.05, 4.69) is 0 Å². The third kappa shape index (κ3) is 2.07. The molecular formula is C13H12O4. The van der Waals surface area contributed by atoms with Crippen LogP contribution in [-0.4, -0.2) is 16.2 Å². The number of furan rings is 1. The molecule has 1 atom stereocenters. The van der Waals surface area contributed by atoms with Gasteiger partial charge < -0.3 is 14.6 Å². The fraction of sp³-hybridized carbons (Fsp3) is 0.154. The average Bonchev–Trinajstić information content (AvgIpc) is 2.77. The quantitative estimate of drug-likeness (QED) is 0.852. The Morgan fingerprint density at radius 3 is 2.65 bits per heavy atom. The van der Waals surface area contributed by atoms with Crippen LogP contribution >= 0.6 is 0 Å². The van der Waals surface area contributed by atoms with Gasteiger partial charge in [-0.15, -0.1) is 0 Å². The molecule has 0 fully saturated rings. The molecule has 4 heteroatoms. The number of aromatic carboxylic acids is 1. The number of carbonyl (C=O) groups is 1. The predicted octanol–water partition coefficient (Wildman–Crippen LogP) is 2.37. The molecule has 1 unspecified atom stereocenters. The van der Waals surface area contributed by atoms with Crippen LogP contribution in [-0.2, 0) is 0 Å². The molecule has 0 radical (unpaired) electrons. The van der Waals surface area contributed by atoms with Crippen LogP contribution in [0, 0.1) is 6.92 Å². The summed E-state index contributed by atoms with van der Waals surface area (Å²) in [7, 11) is 0. The lowest BCUT2D eigenvalue weighted by atomic mass is 10.00. The first-order chi connectivity index (χ1) is 8.11. The Hall–Kier alpha value is -2.07. The third-order valence-electron chi connectivity index (χ3n) is 2.66. The Morgan fingerprint density at radius 2 is 2.00 bits per heavy atom. The van der Waals surface area contributed by atoms with Gasteiger partial charge in [0.25, 0.3) is 0 Å². The van der Waals surface area contributed by atoms with Crippen molar-refractivity contribution in [3.8, 4) is 0 Å². The van der Waals surface area contributed by atoms with Gasteiger partial charge in [-0.05, 0) is 24.1 Å². The van der Waals surface area contributed by atoms with E-state index in [-0.39, 0.29) is 11.3 Å². The van der Waals surface area contributed by atoms with Crippen molar-refractivity contribution >= 4 is 5.97 Å². The molecule has 0 saturated heterocycles. The Morgan fingerprint density at radius 1 is 1.29 bits per heavy atom. The number of rotatable bonds is 3. The number of benzene rings is 1. The number of hydrogen-bond acceptors (Lipinski definition) is 3. The van der Waals surface area contributed by atoms with E-state index in [9.17, 15) is 9.90 Å². The monoisotopic (exact) mass is 232 g/mol. The summed E-state index contributed by atoms with van der Waals surface area (Å²) in [4.78, 5) is 10.9. The fourth-order valence-corrected chi connectivity index (χ4v) is 1.74. The Balaban J connectivity index is 2.44. The van der Waals surface area contributed by atoms with Gasteiger partial charge >= 0.3 is 5.97 Å². The van der Waals surface area contributed by atoms with Gasteiger partial charge in [-0.3, -0.25) is 0 Å². The molecule has 1 aromatic heterocycles. The first-order valence-corrected chi connectivity index (χ1v) is 5.15. The maximum absolute atomic E-state index is 10.9. The maximum Gasteiger partial charge on any atom is 0.339 e. The van der Waals surface area contributed by atoms with Crippen LogP contribution in [0.15, 0.2) is 41.0 Å². The minimum atomic E-state index is -1.11. The summed E-state index contributed by atoms with van der Waals surface area (Å²) < 4.78 is 5.07. The lowest BCUT2D eigenvalue weighted by Gasteiger charge is -2.12. The van der Waals surface area contributed by atoms with E-state index >= 15 is 0 Å². The summed E-state index contributed by atoms with van der Waals surface area (Å²) in [6, 6.07) is 8.57. The molecule has 1 heterocycles. The lowest BCUT2D eigenvalue weighted by molar-refractivity contribution is 0.0687. The molecule has 2 rings (SSSR count). The SMILES string of the molecule is Cc1ccccc1C(O)c1occc1C(=O)O. The molecule has 2 aromatic rings. The van der Waals surface area contributed by atoms with Crippen molar-refractivity contribution in [1.82, 2.24) is 0 Å². The molecule has 0 bridgehead atoms. The van der Waals surface area contributed by atoms with E-state index in [4.69, 9.17) is 9.52 Å². The second-order valence-corrected chi connectivity index (χ2v) is 3.76. The standard InChI is InChI=1S/C13H12O4/c1-8-4-2-3-5-9(8)11(14)12-10(13(15)16)6-7-17-12/h2-7,11,14H,1H3,(H,15,16). The van der Waals surface area contributed by atoms with Crippen LogP contribution in [0.3, 0.4) is 0 Å². The van der Waals surface area contributed by atoms with Crippen LogP contribution in [0.2, 0.25) is 0 Å². The third-order valence-corrected chi connectivity index (χ3v) is 2.66. The molecule has 1 aromatic carbocycles. The second kappa shape index (κ2) is 4.43. The number of aliphatic hydroxyl groups is 1. The molecule has 0 amide bonds. The Bertz CT molecular complexity index is 542. The predicted molar refractivity (Wildman–Crippen MR) is 60.9 cm³/mol. The van der Waals surface area contributed by atoms with E-state index in [0.717, 1.165) is 5.56 Å². The largest absolute Gasteiger partial charge is 0.478 e. The van der Waals surface area contributed by atoms with Crippen molar-refractivity contribution in [3.05, 3.63) is 59.0 Å². The van der Waals surface area contributed by atoms with Gasteiger partial charge in [0.1, 0.15) is 11.7 Å². The molecule has 17 heavy (non-hydrogen) atoms. The first-order valence-electron chi connectivity index (χ1n) is 5.15. The van der Waals surface area contributed by atoms with Crippen LogP contribution in [0.25, 0.3) is 0 Å². The van der Waals surface area contributed by atoms with E-state index in [0.29, 0.717) is 5.56 Å². The molecule has 0 spiro atoms. The van der Waals surface area contributed by atoms with E-state index < -0.39 is 12.1 Å². The van der Waals surface area contributed by atoms with Gasteiger partial charge in [0.15, 0.2) is 5.76 Å². The molecule has 88 valence electrons. The molecule has 2 N–H and O–H groups in total. The average molecular weight is 232 g/mol. The van der Waals surface area contributed by atoms with Gasteiger partial charge in [-0.2, -0.15) is 0 Å². The number of aryl methyl sites for hydroxylation is 1. The van der Waals surface area contributed by atoms with Crippen molar-refractivity contribution < 1.29 is 19.4 Å². The topological polar surface area (TPSA) is 70.7 Å². The van der Waals surface area contributed by atoms with Crippen LogP contribution in [0.4, 0.5) is 0 Å². The highest BCUT2D eigenvalue weighted by Gasteiger charge is 2.22. The van der Waals surface area contributed by atoms with Crippen molar-refractivity contribution in [1.29, 1.82) is 0 Å². The minimum absolute atomic E-state index is 0.0132. The number of carboxylic acid groups (broad SMARTS) is 1. The highest BCUT2D eigenvalue weighted by molar-refractivity contribution is 5.88. The molecular weight excluding hydrogens is 220 g/mol. The van der Waals surface area contributed by atoms with Gasteiger partial charge in [-0.1, -0.05) is 24.3 Å². The van der Waals surface area contributed by atoms with Gasteiger partial charge in [-0.25, -0.2) is 4.79 Å². The van der Waals surface area contributed by atoms with Gasteiger partial charge in [0.05, 0.1) is 6.26 Å². The zero-order chi connectivity index (χ0) is 12.4. The van der Waals surface area contributed by atoms with E-state index in [1.54, 1.807) is 12.1 Å². The van der Waals surface area contributed by atoms with E-state index in [1.807, 2.05) is 19.1 Å². The molecule has 0 aliphatic carbocycles. The van der Waals surface area contributed by atoms with Gasteiger partial charge in [0.2, 0.25) is 0 Å². The van der Waals surface area contributed by atoms with Crippen LogP contribution < -0.4 is 0 Å². The molecule has 4 nitrogen and oxygen atoms in total. The summed E-state index contributed by atoms with van der Waals surface area (Å²) in [6.45, 7) is 1.85. The maximum atomic E-state index is 10.9. The summed E-state index contributed by atoms with van der Waals surface area (Å²) in [5.74, 6) is -1.05. The van der Waals surface area contributed by atoms with Crippen molar-refractivity contribution in [2.75, 3.05) is 0 Å². The zero-order valence-electron chi connectivity index (χ0n) is 9.25. The summed E-state index contributed by atoms with van der Waals surface area (Å²) in [5.41, 5.74) is 1.51. The number of hydrogen-bond donors (Lipinski definition) is 2. The second-order valence-electron chi connectivity index (χ2n) is 3.76.